The molecule has 4 heteroatoms. The molecule has 19 heavy (non-hydrogen) atoms. The molecule has 0 radical (unpaired) electrons. The number of hydrogen-bond acceptors (Lipinski definition) is 3. The molecule has 0 spiro atoms. The number of hydrogen-bond donors (Lipinski definition) is 1. The highest BCUT2D eigenvalue weighted by atomic mass is 15.2. The van der Waals surface area contributed by atoms with Gasteiger partial charge in [-0.25, -0.2) is 4.98 Å². The van der Waals surface area contributed by atoms with Crippen LogP contribution >= 0.6 is 0 Å². The van der Waals surface area contributed by atoms with E-state index >= 15 is 0 Å². The van der Waals surface area contributed by atoms with Gasteiger partial charge in [-0.1, -0.05) is 19.9 Å². The molecule has 3 heterocycles. The number of rotatable bonds is 3. The molecule has 3 rings (SSSR count). The Bertz CT molecular complexity index is 585. The second kappa shape index (κ2) is 4.53. The first-order chi connectivity index (χ1) is 9.11. The van der Waals surface area contributed by atoms with Gasteiger partial charge < -0.3 is 15.0 Å². The van der Waals surface area contributed by atoms with E-state index in [-0.39, 0.29) is 0 Å². The number of nitrogens with zero attached hydrogens (tertiary/aromatic N) is 3. The lowest BCUT2D eigenvalue weighted by molar-refractivity contribution is 0.418. The Hall–Kier alpha value is -1.55. The summed E-state index contributed by atoms with van der Waals surface area (Å²) >= 11 is 0. The zero-order chi connectivity index (χ0) is 13.5. The number of imidazole rings is 1. The van der Waals surface area contributed by atoms with Crippen LogP contribution in [0.3, 0.4) is 0 Å². The third-order valence-corrected chi connectivity index (χ3v) is 3.97. The molecular weight excluding hydrogens is 236 g/mol. The molecule has 0 bridgehead atoms. The molecule has 102 valence electrons. The second-order valence-electron chi connectivity index (χ2n) is 6.19. The fourth-order valence-electron chi connectivity index (χ4n) is 2.95. The van der Waals surface area contributed by atoms with Gasteiger partial charge in [0.15, 0.2) is 5.82 Å². The maximum Gasteiger partial charge on any atom is 0.151 e. The lowest BCUT2D eigenvalue weighted by atomic mass is 9.93. The number of fused-ring (bicyclic) bond motifs is 1. The van der Waals surface area contributed by atoms with Gasteiger partial charge in [-0.05, 0) is 30.5 Å². The van der Waals surface area contributed by atoms with Gasteiger partial charge in [-0.15, -0.1) is 0 Å². The van der Waals surface area contributed by atoms with Crippen LogP contribution in [-0.2, 0) is 6.42 Å². The highest BCUT2D eigenvalue weighted by Crippen LogP contribution is 2.34. The molecule has 2 aromatic heterocycles. The van der Waals surface area contributed by atoms with Crippen LogP contribution in [0.1, 0.15) is 26.0 Å². The van der Waals surface area contributed by atoms with Gasteiger partial charge in [0.1, 0.15) is 5.65 Å². The summed E-state index contributed by atoms with van der Waals surface area (Å²) in [6.07, 6.45) is 4.18. The molecule has 0 amide bonds. The van der Waals surface area contributed by atoms with Gasteiger partial charge in [-0.2, -0.15) is 0 Å². The Labute approximate surface area is 114 Å². The third-order valence-electron chi connectivity index (χ3n) is 3.97. The minimum atomic E-state index is 0.385. The Kier molecular flexibility index (Phi) is 2.97. The summed E-state index contributed by atoms with van der Waals surface area (Å²) < 4.78 is 2.17. The van der Waals surface area contributed by atoms with Crippen molar-refractivity contribution in [1.82, 2.24) is 9.38 Å². The maximum absolute atomic E-state index is 5.77. The Balaban J connectivity index is 2.05. The normalized spacial score (nSPS) is 18.4. The average Bonchev–Trinajstić information content (AvgIpc) is 2.91. The lowest BCUT2D eigenvalue weighted by Gasteiger charge is -2.20. The highest BCUT2D eigenvalue weighted by Gasteiger charge is 2.31. The summed E-state index contributed by atoms with van der Waals surface area (Å²) in [5.74, 6) is 1.13. The monoisotopic (exact) mass is 258 g/mol. The summed E-state index contributed by atoms with van der Waals surface area (Å²) in [6.45, 7) is 7.48. The zero-order valence-corrected chi connectivity index (χ0v) is 11.8. The topological polar surface area (TPSA) is 46.6 Å². The van der Waals surface area contributed by atoms with Crippen LogP contribution in [0.5, 0.6) is 0 Å². The first-order valence-electron chi connectivity index (χ1n) is 7.02. The molecule has 2 N–H and O–H groups in total. The van der Waals surface area contributed by atoms with Crippen molar-refractivity contribution in [1.29, 1.82) is 0 Å². The average molecular weight is 258 g/mol. The van der Waals surface area contributed by atoms with Crippen LogP contribution in [0, 0.1) is 5.41 Å². The predicted octanol–water partition coefficient (Wildman–Crippen LogP) is 2.07. The van der Waals surface area contributed by atoms with Gasteiger partial charge in [0.2, 0.25) is 0 Å². The molecule has 0 unspecified atom stereocenters. The van der Waals surface area contributed by atoms with E-state index < -0.39 is 0 Å². The maximum atomic E-state index is 5.77. The molecule has 1 saturated heterocycles. The Morgan fingerprint density at radius 2 is 2.21 bits per heavy atom. The summed E-state index contributed by atoms with van der Waals surface area (Å²) in [5, 5.41) is 0. The van der Waals surface area contributed by atoms with Crippen LogP contribution in [0.4, 0.5) is 5.82 Å². The lowest BCUT2D eigenvalue weighted by Crippen LogP contribution is -2.24. The fraction of sp³-hybridized carbons (Fsp3) is 0.533. The zero-order valence-electron chi connectivity index (χ0n) is 11.8. The van der Waals surface area contributed by atoms with Crippen molar-refractivity contribution in [3.8, 4) is 0 Å². The first kappa shape index (κ1) is 12.5. The Morgan fingerprint density at radius 3 is 2.89 bits per heavy atom. The molecule has 0 aliphatic carbocycles. The molecule has 1 aliphatic rings. The van der Waals surface area contributed by atoms with Crippen LogP contribution in [0.15, 0.2) is 24.4 Å². The molecule has 4 nitrogen and oxygen atoms in total. The minimum Gasteiger partial charge on any atom is -0.355 e. The van der Waals surface area contributed by atoms with Gasteiger partial charge in [0.25, 0.3) is 0 Å². The first-order valence-corrected chi connectivity index (χ1v) is 7.02. The van der Waals surface area contributed by atoms with Crippen molar-refractivity contribution in [3.63, 3.8) is 0 Å². The van der Waals surface area contributed by atoms with Crippen molar-refractivity contribution in [2.45, 2.75) is 26.7 Å². The van der Waals surface area contributed by atoms with E-state index in [1.165, 1.54) is 12.1 Å². The van der Waals surface area contributed by atoms with Crippen LogP contribution in [0.2, 0.25) is 0 Å². The van der Waals surface area contributed by atoms with E-state index in [1.54, 1.807) is 0 Å². The van der Waals surface area contributed by atoms with E-state index in [0.717, 1.165) is 31.0 Å². The van der Waals surface area contributed by atoms with Gasteiger partial charge in [-0.3, -0.25) is 0 Å². The molecule has 0 saturated carbocycles. The summed E-state index contributed by atoms with van der Waals surface area (Å²) in [6, 6.07) is 6.14. The number of anilines is 1. The predicted molar refractivity (Wildman–Crippen MR) is 78.6 cm³/mol. The largest absolute Gasteiger partial charge is 0.355 e. The molecule has 1 fully saturated rings. The summed E-state index contributed by atoms with van der Waals surface area (Å²) in [4.78, 5) is 7.23. The van der Waals surface area contributed by atoms with Gasteiger partial charge >= 0.3 is 0 Å². The molecule has 1 aliphatic heterocycles. The molecule has 0 atom stereocenters. The third kappa shape index (κ3) is 2.21. The van der Waals surface area contributed by atoms with E-state index in [4.69, 9.17) is 10.7 Å². The molecule has 2 aromatic rings. The van der Waals surface area contributed by atoms with Crippen LogP contribution in [0.25, 0.3) is 5.65 Å². The quantitative estimate of drug-likeness (QED) is 0.916. The Morgan fingerprint density at radius 1 is 1.37 bits per heavy atom. The number of aromatic nitrogens is 2. The van der Waals surface area contributed by atoms with Gasteiger partial charge in [0, 0.05) is 25.7 Å². The smallest absolute Gasteiger partial charge is 0.151 e. The summed E-state index contributed by atoms with van der Waals surface area (Å²) in [5.41, 5.74) is 8.42. The van der Waals surface area contributed by atoms with Crippen molar-refractivity contribution in [3.05, 3.63) is 30.1 Å². The molecule has 0 aromatic carbocycles. The van der Waals surface area contributed by atoms with Crippen molar-refractivity contribution in [2.24, 2.45) is 11.1 Å². The fourth-order valence-corrected chi connectivity index (χ4v) is 2.95. The second-order valence-corrected chi connectivity index (χ2v) is 6.19. The van der Waals surface area contributed by atoms with E-state index in [2.05, 4.69) is 35.4 Å². The standard InChI is InChI=1S/C15H22N4/c1-15(2)7-10-18(11-15)14-12(6-8-16)19-9-4-3-5-13(19)17-14/h3-5,9H,6-8,10-11,16H2,1-2H3. The number of nitrogens with two attached hydrogens (primary N) is 1. The van der Waals surface area contributed by atoms with Crippen molar-refractivity contribution < 1.29 is 0 Å². The van der Waals surface area contributed by atoms with E-state index in [0.29, 0.717) is 12.0 Å². The van der Waals surface area contributed by atoms with Crippen molar-refractivity contribution in [2.75, 3.05) is 24.5 Å². The van der Waals surface area contributed by atoms with E-state index in [9.17, 15) is 0 Å². The van der Waals surface area contributed by atoms with Crippen LogP contribution < -0.4 is 10.6 Å². The minimum absolute atomic E-state index is 0.385. The number of pyridine rings is 1. The van der Waals surface area contributed by atoms with E-state index in [1.807, 2.05) is 12.1 Å². The van der Waals surface area contributed by atoms with Gasteiger partial charge in [0.05, 0.1) is 5.69 Å². The highest BCUT2D eigenvalue weighted by molar-refractivity contribution is 5.56. The molecular formula is C15H22N4. The SMILES string of the molecule is CC1(C)CCN(c2nc3ccccn3c2CCN)C1. The summed E-state index contributed by atoms with van der Waals surface area (Å²) in [7, 11) is 0. The van der Waals surface area contributed by atoms with Crippen LogP contribution in [-0.4, -0.2) is 29.0 Å². The van der Waals surface area contributed by atoms with Crippen molar-refractivity contribution >= 4 is 11.5 Å².